The van der Waals surface area contributed by atoms with Crippen LogP contribution in [0.4, 0.5) is 16.3 Å². The van der Waals surface area contributed by atoms with Crippen LogP contribution in [0.2, 0.25) is 5.15 Å². The maximum atomic E-state index is 13.2. The van der Waals surface area contributed by atoms with Crippen molar-refractivity contribution in [2.24, 2.45) is 5.92 Å². The number of nitrogen functional groups attached to an aromatic ring is 1. The first kappa shape index (κ1) is 18.3. The number of thioether (sulfide) groups is 1. The monoisotopic (exact) mass is 396 g/mol. The predicted octanol–water partition coefficient (Wildman–Crippen LogP) is 2.27. The Morgan fingerprint density at radius 3 is 2.81 bits per heavy atom. The number of halogens is 2. The average Bonchev–Trinajstić information content (AvgIpc) is 3.03. The van der Waals surface area contributed by atoms with Gasteiger partial charge in [0.15, 0.2) is 16.6 Å². The molecule has 0 unspecified atom stereocenters. The third kappa shape index (κ3) is 3.83. The summed E-state index contributed by atoms with van der Waals surface area (Å²) in [5, 5.41) is 2.11. The molecule has 4 N–H and O–H groups in total. The molecule has 136 valence electrons. The number of nitrogens with zero attached hydrogens (tertiary/aromatic N) is 5. The molecule has 0 aromatic carbocycles. The van der Waals surface area contributed by atoms with Crippen LogP contribution in [0.15, 0.2) is 17.6 Å². The molecule has 0 aliphatic carbocycles. The van der Waals surface area contributed by atoms with Crippen molar-refractivity contribution >= 4 is 52.3 Å². The van der Waals surface area contributed by atoms with Gasteiger partial charge in [-0.05, 0) is 5.92 Å². The number of carbonyl (C=O) groups excluding carboxylic acids is 1. The predicted molar refractivity (Wildman–Crippen MR) is 96.2 cm³/mol. The van der Waals surface area contributed by atoms with Crippen molar-refractivity contribution in [3.05, 3.63) is 23.5 Å². The summed E-state index contributed by atoms with van der Waals surface area (Å²) in [7, 11) is 0. The highest BCUT2D eigenvalue weighted by atomic mass is 35.5. The number of hydrogen-bond donors (Lipinski definition) is 3. The normalized spacial score (nSPS) is 12.5. The van der Waals surface area contributed by atoms with Crippen molar-refractivity contribution in [2.45, 2.75) is 24.1 Å². The Hall–Kier alpha value is -2.53. The maximum absolute atomic E-state index is 13.2. The van der Waals surface area contributed by atoms with Gasteiger partial charge in [0, 0.05) is 0 Å². The number of fused-ring (bicyclic) bond motifs is 1. The van der Waals surface area contributed by atoms with Crippen molar-refractivity contribution in [2.75, 3.05) is 11.1 Å². The fourth-order valence-corrected chi connectivity index (χ4v) is 3.33. The molecule has 0 radical (unpaired) electrons. The van der Waals surface area contributed by atoms with Crippen LogP contribution in [0.1, 0.15) is 13.8 Å². The zero-order chi connectivity index (χ0) is 18.8. The molecule has 3 aromatic heterocycles. The quantitative estimate of drug-likeness (QED) is 0.441. The number of amides is 1. The molecule has 0 spiro atoms. The van der Waals surface area contributed by atoms with Gasteiger partial charge in [-0.3, -0.25) is 10.1 Å². The van der Waals surface area contributed by atoms with Gasteiger partial charge in [0.05, 0.1) is 17.8 Å². The average molecular weight is 397 g/mol. The van der Waals surface area contributed by atoms with E-state index in [0.717, 1.165) is 6.20 Å². The summed E-state index contributed by atoms with van der Waals surface area (Å²) in [6, 6.07) is 0. The number of carbonyl (C=O) groups is 1. The van der Waals surface area contributed by atoms with Gasteiger partial charge in [-0.1, -0.05) is 37.2 Å². The highest BCUT2D eigenvalue weighted by Gasteiger charge is 2.27. The molecule has 0 bridgehead atoms. The van der Waals surface area contributed by atoms with E-state index in [2.05, 4.69) is 35.2 Å². The molecule has 0 saturated carbocycles. The van der Waals surface area contributed by atoms with Gasteiger partial charge < -0.3 is 10.7 Å². The second-order valence-electron chi connectivity index (χ2n) is 5.59. The van der Waals surface area contributed by atoms with Crippen molar-refractivity contribution in [3.63, 3.8) is 0 Å². The van der Waals surface area contributed by atoms with Crippen LogP contribution >= 0.6 is 23.4 Å². The van der Waals surface area contributed by atoms with E-state index >= 15 is 0 Å². The first-order chi connectivity index (χ1) is 12.3. The van der Waals surface area contributed by atoms with Crippen LogP contribution in [0, 0.1) is 11.7 Å². The Morgan fingerprint density at radius 1 is 1.35 bits per heavy atom. The van der Waals surface area contributed by atoms with E-state index in [1.54, 1.807) is 0 Å². The summed E-state index contributed by atoms with van der Waals surface area (Å²) in [5.41, 5.74) is 6.71. The van der Waals surface area contributed by atoms with Crippen molar-refractivity contribution in [1.82, 2.24) is 29.9 Å². The second kappa shape index (κ2) is 7.38. The minimum Gasteiger partial charge on any atom is -0.368 e. The first-order valence-electron chi connectivity index (χ1n) is 7.47. The standard InChI is InChI=1S/C14H14ClFN8OS/c1-5(2)8(11(25)23-14-18-3-6(16)9(15)21-14)26-12-7-10(20-4-19-7)22-13(17)24-12/h3-5,8H,1-2H3,(H,18,21,23,25)(H3,17,19,20,22,24)/t8-/m0/s1. The van der Waals surface area contributed by atoms with Gasteiger partial charge in [0.2, 0.25) is 17.8 Å². The molecule has 3 heterocycles. The Labute approximate surface area is 156 Å². The topological polar surface area (TPSA) is 135 Å². The number of aromatic amines is 1. The summed E-state index contributed by atoms with van der Waals surface area (Å²) >= 11 is 6.82. The molecule has 1 amide bonds. The SMILES string of the molecule is CC(C)[C@H](Sc1nc(N)nc2nc[nH]c12)C(=O)Nc1ncc(F)c(Cl)n1. The lowest BCUT2D eigenvalue weighted by Gasteiger charge is -2.19. The van der Waals surface area contributed by atoms with Gasteiger partial charge >= 0.3 is 0 Å². The fraction of sp³-hybridized carbons (Fsp3) is 0.286. The van der Waals surface area contributed by atoms with Gasteiger partial charge in [0.1, 0.15) is 10.5 Å². The molecule has 0 fully saturated rings. The first-order valence-corrected chi connectivity index (χ1v) is 8.73. The lowest BCUT2D eigenvalue weighted by molar-refractivity contribution is -0.116. The molecule has 9 nitrogen and oxygen atoms in total. The van der Waals surface area contributed by atoms with Gasteiger partial charge in [-0.15, -0.1) is 0 Å². The largest absolute Gasteiger partial charge is 0.368 e. The van der Waals surface area contributed by atoms with Gasteiger partial charge in [-0.25, -0.2) is 19.3 Å². The van der Waals surface area contributed by atoms with E-state index in [1.807, 2.05) is 13.8 Å². The smallest absolute Gasteiger partial charge is 0.240 e. The van der Waals surface area contributed by atoms with Crippen molar-refractivity contribution in [3.8, 4) is 0 Å². The van der Waals surface area contributed by atoms with Gasteiger partial charge in [0.25, 0.3) is 0 Å². The van der Waals surface area contributed by atoms with Crippen LogP contribution in [0.3, 0.4) is 0 Å². The highest BCUT2D eigenvalue weighted by Crippen LogP contribution is 2.31. The third-order valence-corrected chi connectivity index (χ3v) is 5.10. The molecule has 12 heteroatoms. The van der Waals surface area contributed by atoms with Crippen molar-refractivity contribution < 1.29 is 9.18 Å². The molecule has 3 aromatic rings. The number of aromatic nitrogens is 6. The van der Waals surface area contributed by atoms with E-state index < -0.39 is 11.1 Å². The Morgan fingerprint density at radius 2 is 2.12 bits per heavy atom. The zero-order valence-electron chi connectivity index (χ0n) is 13.7. The van der Waals surface area contributed by atoms with Crippen LogP contribution in [-0.4, -0.2) is 41.1 Å². The summed E-state index contributed by atoms with van der Waals surface area (Å²) in [6.07, 6.45) is 2.36. The van der Waals surface area contributed by atoms with Crippen LogP contribution in [-0.2, 0) is 4.79 Å². The minimum absolute atomic E-state index is 0.0589. The summed E-state index contributed by atoms with van der Waals surface area (Å²) < 4.78 is 13.2. The number of nitrogens with one attached hydrogen (secondary N) is 2. The van der Waals surface area contributed by atoms with Gasteiger partial charge in [-0.2, -0.15) is 9.97 Å². The maximum Gasteiger partial charge on any atom is 0.240 e. The van der Waals surface area contributed by atoms with E-state index in [-0.39, 0.29) is 28.9 Å². The second-order valence-corrected chi connectivity index (χ2v) is 7.08. The number of rotatable bonds is 5. The molecular formula is C14H14ClFN8OS. The summed E-state index contributed by atoms with van der Waals surface area (Å²) in [6.45, 7) is 3.76. The summed E-state index contributed by atoms with van der Waals surface area (Å²) in [5.74, 6) is -1.23. The third-order valence-electron chi connectivity index (χ3n) is 3.31. The Balaban J connectivity index is 1.85. The molecule has 0 aliphatic rings. The van der Waals surface area contributed by atoms with Crippen LogP contribution in [0.25, 0.3) is 11.2 Å². The number of anilines is 2. The summed E-state index contributed by atoms with van der Waals surface area (Å²) in [4.78, 5) is 35.3. The van der Waals surface area contributed by atoms with Crippen LogP contribution in [0.5, 0.6) is 0 Å². The molecule has 26 heavy (non-hydrogen) atoms. The van der Waals surface area contributed by atoms with E-state index in [9.17, 15) is 9.18 Å². The molecule has 0 saturated heterocycles. The number of H-pyrrole nitrogens is 1. The van der Waals surface area contributed by atoms with E-state index in [1.165, 1.54) is 18.1 Å². The number of imidazole rings is 1. The fourth-order valence-electron chi connectivity index (χ4n) is 2.11. The molecule has 1 atom stereocenters. The van der Waals surface area contributed by atoms with E-state index in [0.29, 0.717) is 16.2 Å². The minimum atomic E-state index is -0.766. The lowest BCUT2D eigenvalue weighted by Crippen LogP contribution is -2.30. The van der Waals surface area contributed by atoms with Crippen molar-refractivity contribution in [1.29, 1.82) is 0 Å². The highest BCUT2D eigenvalue weighted by molar-refractivity contribution is 8.00. The van der Waals surface area contributed by atoms with E-state index in [4.69, 9.17) is 17.3 Å². The number of nitrogens with two attached hydrogens (primary N) is 1. The zero-order valence-corrected chi connectivity index (χ0v) is 15.3. The molecular weight excluding hydrogens is 383 g/mol. The van der Waals surface area contributed by atoms with Crippen LogP contribution < -0.4 is 11.1 Å². The molecule has 3 rings (SSSR count). The number of hydrogen-bond acceptors (Lipinski definition) is 8. The molecule has 0 aliphatic heterocycles. The Bertz CT molecular complexity index is 965. The lowest BCUT2D eigenvalue weighted by atomic mass is 10.1. The Kier molecular flexibility index (Phi) is 5.18.